The lowest BCUT2D eigenvalue weighted by atomic mass is 10.5. The maximum Gasteiger partial charge on any atom is 0.0462 e. The highest BCUT2D eigenvalue weighted by Gasteiger charge is 1.82. The minimum atomic E-state index is 0.750. The molecule has 0 heterocycles. The van der Waals surface area contributed by atoms with Gasteiger partial charge in [-0.15, -0.1) is 0 Å². The Morgan fingerprint density at radius 2 is 2.38 bits per heavy atom. The number of rotatable bonds is 4. The van der Waals surface area contributed by atoms with Crippen molar-refractivity contribution in [1.82, 2.24) is 5.32 Å². The third-order valence-corrected chi connectivity index (χ3v) is 0.803. The van der Waals surface area contributed by atoms with Gasteiger partial charge in [-0.2, -0.15) is 0 Å². The maximum absolute atomic E-state index is 3.62. The lowest BCUT2D eigenvalue weighted by Crippen LogP contribution is -2.14. The van der Waals surface area contributed by atoms with Crippen LogP contribution in [0.4, 0.5) is 0 Å². The van der Waals surface area contributed by atoms with Crippen LogP contribution in [0, 0.1) is 0 Å². The predicted octanol–water partition coefficient (Wildman–Crippen LogP) is 0.810. The third kappa shape index (κ3) is 3.56. The molecule has 1 N–H and O–H groups in total. The third-order valence-electron chi connectivity index (χ3n) is 0.803. The molecule has 0 aliphatic rings. The van der Waals surface area contributed by atoms with E-state index in [2.05, 4.69) is 23.6 Å². The Morgan fingerprint density at radius 1 is 1.75 bits per heavy atom. The Labute approximate surface area is 50.3 Å². The predicted molar refractivity (Wildman–Crippen MR) is 37.2 cm³/mol. The van der Waals surface area contributed by atoms with Crippen LogP contribution in [0.3, 0.4) is 0 Å². The summed E-state index contributed by atoms with van der Waals surface area (Å²) in [5.74, 6) is 0. The number of nitrogens with one attached hydrogen (secondary N) is 1. The molecule has 8 heavy (non-hydrogen) atoms. The number of aliphatic imine (C=N–C) groups is 1. The number of likely N-dealkylation sites (N-methyl/N-ethyl adjacent to an activating group) is 1. The summed E-state index contributed by atoms with van der Waals surface area (Å²) in [5.41, 5.74) is 0.798. The highest BCUT2D eigenvalue weighted by atomic mass is 14.9. The summed E-state index contributed by atoms with van der Waals surface area (Å²) < 4.78 is 0. The second-order valence-corrected chi connectivity index (χ2v) is 1.50. The van der Waals surface area contributed by atoms with Crippen LogP contribution in [0.1, 0.15) is 6.92 Å². The molecule has 0 unspecified atom stereocenters. The highest BCUT2D eigenvalue weighted by Crippen LogP contribution is 1.83. The smallest absolute Gasteiger partial charge is 0.0462 e. The molecule has 0 aliphatic heterocycles. The van der Waals surface area contributed by atoms with E-state index in [0.29, 0.717) is 0 Å². The van der Waals surface area contributed by atoms with E-state index in [-0.39, 0.29) is 0 Å². The van der Waals surface area contributed by atoms with Gasteiger partial charge in [0, 0.05) is 12.2 Å². The minimum absolute atomic E-state index is 0.750. The maximum atomic E-state index is 3.62. The van der Waals surface area contributed by atoms with Crippen LogP contribution < -0.4 is 5.32 Å². The normalized spacial score (nSPS) is 8.62. The molecular weight excluding hydrogens is 100 g/mol. The topological polar surface area (TPSA) is 24.4 Å². The van der Waals surface area contributed by atoms with E-state index >= 15 is 0 Å². The van der Waals surface area contributed by atoms with Gasteiger partial charge in [0.25, 0.3) is 0 Å². The van der Waals surface area contributed by atoms with Crippen molar-refractivity contribution in [2.45, 2.75) is 6.92 Å². The lowest BCUT2D eigenvalue weighted by Gasteiger charge is -1.96. The second kappa shape index (κ2) is 4.53. The van der Waals surface area contributed by atoms with Gasteiger partial charge in [0.2, 0.25) is 0 Å². The molecule has 0 aromatic rings. The molecule has 0 amide bonds. The van der Waals surface area contributed by atoms with Gasteiger partial charge in [0.05, 0.1) is 0 Å². The summed E-state index contributed by atoms with van der Waals surface area (Å²) in [5, 5.41) is 3.07. The van der Waals surface area contributed by atoms with Crippen molar-refractivity contribution in [3.8, 4) is 0 Å². The summed E-state index contributed by atoms with van der Waals surface area (Å²) in [6.07, 6.45) is 0. The standard InChI is InChI=1S/C6H12N2/c1-4-8-5-6(2)7-3/h8H,2-5H2,1H3. The molecule has 0 aromatic heterocycles. The summed E-state index contributed by atoms with van der Waals surface area (Å²) >= 11 is 0. The first-order valence-electron chi connectivity index (χ1n) is 2.66. The zero-order valence-corrected chi connectivity index (χ0v) is 5.28. The summed E-state index contributed by atoms with van der Waals surface area (Å²) in [7, 11) is 0. The van der Waals surface area contributed by atoms with E-state index < -0.39 is 0 Å². The quantitative estimate of drug-likeness (QED) is 0.535. The van der Waals surface area contributed by atoms with Gasteiger partial charge in [-0.3, -0.25) is 4.99 Å². The fraction of sp³-hybridized carbons (Fsp3) is 0.500. The van der Waals surface area contributed by atoms with Crippen LogP contribution in [0.25, 0.3) is 0 Å². The number of hydrogen-bond acceptors (Lipinski definition) is 2. The molecule has 0 radical (unpaired) electrons. The van der Waals surface area contributed by atoms with E-state index in [9.17, 15) is 0 Å². The van der Waals surface area contributed by atoms with Gasteiger partial charge >= 0.3 is 0 Å². The van der Waals surface area contributed by atoms with Gasteiger partial charge in [-0.05, 0) is 13.3 Å². The summed E-state index contributed by atoms with van der Waals surface area (Å²) in [6.45, 7) is 10.7. The van der Waals surface area contributed by atoms with Gasteiger partial charge in [0.15, 0.2) is 0 Å². The van der Waals surface area contributed by atoms with Gasteiger partial charge in [0.1, 0.15) is 0 Å². The molecule has 0 aromatic carbocycles. The van der Waals surface area contributed by atoms with E-state index in [1.54, 1.807) is 0 Å². The minimum Gasteiger partial charge on any atom is -0.311 e. The Bertz CT molecular complexity index is 86.5. The SMILES string of the molecule is C=NC(=C)CNCC. The van der Waals surface area contributed by atoms with E-state index in [4.69, 9.17) is 0 Å². The molecule has 2 nitrogen and oxygen atoms in total. The Balaban J connectivity index is 3.11. The van der Waals surface area contributed by atoms with Crippen molar-refractivity contribution in [2.24, 2.45) is 4.99 Å². The van der Waals surface area contributed by atoms with Gasteiger partial charge in [-0.1, -0.05) is 13.5 Å². The highest BCUT2D eigenvalue weighted by molar-refractivity contribution is 5.28. The molecular formula is C6H12N2. The van der Waals surface area contributed by atoms with Crippen molar-refractivity contribution in [2.75, 3.05) is 13.1 Å². The van der Waals surface area contributed by atoms with Crippen LogP contribution >= 0.6 is 0 Å². The van der Waals surface area contributed by atoms with E-state index in [1.165, 1.54) is 0 Å². The first-order valence-corrected chi connectivity index (χ1v) is 2.66. The fourth-order valence-corrected chi connectivity index (χ4v) is 0.325. The Morgan fingerprint density at radius 3 is 2.75 bits per heavy atom. The van der Waals surface area contributed by atoms with Crippen LogP contribution in [-0.2, 0) is 0 Å². The van der Waals surface area contributed by atoms with Crippen molar-refractivity contribution in [3.63, 3.8) is 0 Å². The number of hydrogen-bond donors (Lipinski definition) is 1. The Kier molecular flexibility index (Phi) is 4.17. The molecule has 0 saturated carbocycles. The summed E-state index contributed by atoms with van der Waals surface area (Å²) in [4.78, 5) is 3.62. The van der Waals surface area contributed by atoms with Crippen molar-refractivity contribution in [1.29, 1.82) is 0 Å². The second-order valence-electron chi connectivity index (χ2n) is 1.50. The molecule has 0 bridgehead atoms. The Hall–Kier alpha value is -0.630. The first kappa shape index (κ1) is 7.37. The van der Waals surface area contributed by atoms with Crippen LogP contribution in [-0.4, -0.2) is 19.8 Å². The molecule has 0 atom stereocenters. The van der Waals surface area contributed by atoms with Crippen LogP contribution in [0.2, 0.25) is 0 Å². The first-order chi connectivity index (χ1) is 3.81. The molecule has 0 aliphatic carbocycles. The van der Waals surface area contributed by atoms with Crippen molar-refractivity contribution >= 4 is 6.72 Å². The van der Waals surface area contributed by atoms with Crippen LogP contribution in [0.15, 0.2) is 17.3 Å². The molecule has 2 heteroatoms. The fourth-order valence-electron chi connectivity index (χ4n) is 0.325. The molecule has 0 saturated heterocycles. The van der Waals surface area contributed by atoms with Gasteiger partial charge < -0.3 is 5.32 Å². The summed E-state index contributed by atoms with van der Waals surface area (Å²) in [6, 6.07) is 0. The van der Waals surface area contributed by atoms with Crippen LogP contribution in [0.5, 0.6) is 0 Å². The van der Waals surface area contributed by atoms with Gasteiger partial charge in [-0.25, -0.2) is 0 Å². The zero-order valence-electron chi connectivity index (χ0n) is 5.28. The average Bonchev–Trinajstić information content (AvgIpc) is 1.83. The van der Waals surface area contributed by atoms with Crippen molar-refractivity contribution < 1.29 is 0 Å². The molecule has 0 rings (SSSR count). The average molecular weight is 112 g/mol. The van der Waals surface area contributed by atoms with Crippen molar-refractivity contribution in [3.05, 3.63) is 12.3 Å². The molecule has 46 valence electrons. The largest absolute Gasteiger partial charge is 0.311 e. The van der Waals surface area contributed by atoms with E-state index in [1.807, 2.05) is 6.92 Å². The molecule has 0 fully saturated rings. The lowest BCUT2D eigenvalue weighted by molar-refractivity contribution is 0.774. The number of nitrogens with zero attached hydrogens (tertiary/aromatic N) is 1. The monoisotopic (exact) mass is 112 g/mol. The van der Waals surface area contributed by atoms with E-state index in [0.717, 1.165) is 18.8 Å². The zero-order chi connectivity index (χ0) is 6.41. The molecule has 0 spiro atoms.